The molecule has 3 aromatic rings. The number of hydrogen-bond donors (Lipinski definition) is 3. The number of carbonyl (C=O) groups excluding carboxylic acids is 1. The van der Waals surface area contributed by atoms with Gasteiger partial charge in [-0.2, -0.15) is 4.98 Å². The van der Waals surface area contributed by atoms with Crippen molar-refractivity contribution in [3.05, 3.63) is 71.4 Å². The molecule has 3 rings (SSSR count). The minimum atomic E-state index is -0.981. The van der Waals surface area contributed by atoms with Crippen molar-refractivity contribution in [2.24, 2.45) is 0 Å². The van der Waals surface area contributed by atoms with E-state index in [1.165, 1.54) is 4.90 Å². The van der Waals surface area contributed by atoms with E-state index in [0.717, 1.165) is 5.56 Å². The van der Waals surface area contributed by atoms with Crippen LogP contribution in [0.1, 0.15) is 26.3 Å². The van der Waals surface area contributed by atoms with Crippen LogP contribution in [0.4, 0.5) is 22.2 Å². The SMILES string of the molecule is COc1ccc(N(C(=O)NCc2ccc(Cl)cc2)c2ccnc(N[C@@H](C)C(C)(C)O)n2)cc1. The maximum atomic E-state index is 13.3. The van der Waals surface area contributed by atoms with Gasteiger partial charge in [-0.15, -0.1) is 0 Å². The molecular weight excluding hydrogens is 442 g/mol. The van der Waals surface area contributed by atoms with Crippen molar-refractivity contribution in [2.75, 3.05) is 17.3 Å². The third-order valence-electron chi connectivity index (χ3n) is 5.17. The first kappa shape index (κ1) is 24.3. The van der Waals surface area contributed by atoms with Crippen LogP contribution >= 0.6 is 11.6 Å². The first-order valence-corrected chi connectivity index (χ1v) is 10.8. The average molecular weight is 470 g/mol. The molecule has 0 aliphatic heterocycles. The van der Waals surface area contributed by atoms with Crippen LogP contribution < -0.4 is 20.3 Å². The number of nitrogens with one attached hydrogen (secondary N) is 2. The molecule has 0 saturated heterocycles. The van der Waals surface area contributed by atoms with Gasteiger partial charge in [-0.3, -0.25) is 0 Å². The van der Waals surface area contributed by atoms with Gasteiger partial charge in [0.05, 0.1) is 24.4 Å². The number of rotatable bonds is 8. The lowest BCUT2D eigenvalue weighted by molar-refractivity contribution is 0.0646. The zero-order valence-electron chi connectivity index (χ0n) is 19.0. The van der Waals surface area contributed by atoms with Crippen LogP contribution in [0.25, 0.3) is 0 Å². The summed E-state index contributed by atoms with van der Waals surface area (Å²) in [4.78, 5) is 23.5. The fraction of sp³-hybridized carbons (Fsp3) is 0.292. The van der Waals surface area contributed by atoms with Gasteiger partial charge in [0, 0.05) is 23.8 Å². The lowest BCUT2D eigenvalue weighted by Crippen LogP contribution is -2.40. The highest BCUT2D eigenvalue weighted by molar-refractivity contribution is 6.30. The Kier molecular flexibility index (Phi) is 7.73. The van der Waals surface area contributed by atoms with Gasteiger partial charge in [0.2, 0.25) is 5.95 Å². The van der Waals surface area contributed by atoms with Crippen LogP contribution in [0, 0.1) is 0 Å². The molecule has 0 saturated carbocycles. The molecule has 1 atom stereocenters. The summed E-state index contributed by atoms with van der Waals surface area (Å²) in [6.45, 7) is 5.54. The summed E-state index contributed by atoms with van der Waals surface area (Å²) in [5.74, 6) is 1.34. The van der Waals surface area contributed by atoms with E-state index < -0.39 is 5.60 Å². The highest BCUT2D eigenvalue weighted by atomic mass is 35.5. The highest BCUT2D eigenvalue weighted by Gasteiger charge is 2.24. The first-order valence-electron chi connectivity index (χ1n) is 10.5. The van der Waals surface area contributed by atoms with Crippen molar-refractivity contribution < 1.29 is 14.6 Å². The normalized spacial score (nSPS) is 12.1. The Morgan fingerprint density at radius 2 is 1.82 bits per heavy atom. The maximum Gasteiger partial charge on any atom is 0.327 e. The van der Waals surface area contributed by atoms with Gasteiger partial charge in [-0.05, 0) is 62.7 Å². The molecule has 0 radical (unpaired) electrons. The van der Waals surface area contributed by atoms with Gasteiger partial charge in [-0.25, -0.2) is 14.7 Å². The van der Waals surface area contributed by atoms with Crippen LogP contribution in [0.3, 0.4) is 0 Å². The lowest BCUT2D eigenvalue weighted by atomic mass is 10.0. The molecule has 1 aromatic heterocycles. The van der Waals surface area contributed by atoms with Crippen LogP contribution in [-0.4, -0.2) is 39.9 Å². The number of carbonyl (C=O) groups is 1. The molecule has 0 bridgehead atoms. The van der Waals surface area contributed by atoms with Crippen LogP contribution in [0.15, 0.2) is 60.8 Å². The molecule has 0 spiro atoms. The van der Waals surface area contributed by atoms with Crippen molar-refractivity contribution in [1.29, 1.82) is 0 Å². The number of aromatic nitrogens is 2. The molecule has 0 fully saturated rings. The van der Waals surface area contributed by atoms with Gasteiger partial charge in [-0.1, -0.05) is 23.7 Å². The van der Waals surface area contributed by atoms with Gasteiger partial charge in [0.25, 0.3) is 0 Å². The number of amides is 2. The molecule has 8 nitrogen and oxygen atoms in total. The van der Waals surface area contributed by atoms with Crippen molar-refractivity contribution in [2.45, 2.75) is 39.0 Å². The maximum absolute atomic E-state index is 13.3. The number of ether oxygens (including phenoxy) is 1. The third-order valence-corrected chi connectivity index (χ3v) is 5.42. The Labute approximate surface area is 198 Å². The van der Waals surface area contributed by atoms with E-state index in [0.29, 0.717) is 34.8 Å². The van der Waals surface area contributed by atoms with E-state index in [1.807, 2.05) is 19.1 Å². The Bertz CT molecular complexity index is 1070. The summed E-state index contributed by atoms with van der Waals surface area (Å²) in [6.07, 6.45) is 1.56. The zero-order valence-corrected chi connectivity index (χ0v) is 19.8. The summed E-state index contributed by atoms with van der Waals surface area (Å²) in [5.41, 5.74) is 0.529. The van der Waals surface area contributed by atoms with Crippen LogP contribution in [-0.2, 0) is 6.54 Å². The minimum Gasteiger partial charge on any atom is -0.497 e. The average Bonchev–Trinajstić information content (AvgIpc) is 2.79. The van der Waals surface area contributed by atoms with Crippen molar-refractivity contribution in [3.63, 3.8) is 0 Å². The second kappa shape index (κ2) is 10.5. The van der Waals surface area contributed by atoms with E-state index in [2.05, 4.69) is 20.6 Å². The van der Waals surface area contributed by atoms with E-state index >= 15 is 0 Å². The van der Waals surface area contributed by atoms with Gasteiger partial charge >= 0.3 is 6.03 Å². The van der Waals surface area contributed by atoms with E-state index in [4.69, 9.17) is 16.3 Å². The smallest absolute Gasteiger partial charge is 0.327 e. The molecule has 0 unspecified atom stereocenters. The Morgan fingerprint density at radius 1 is 1.15 bits per heavy atom. The number of benzene rings is 2. The molecule has 2 aromatic carbocycles. The number of methoxy groups -OCH3 is 1. The van der Waals surface area contributed by atoms with Crippen molar-refractivity contribution in [1.82, 2.24) is 15.3 Å². The third kappa shape index (κ3) is 6.57. The number of urea groups is 1. The Hall–Kier alpha value is -3.36. The van der Waals surface area contributed by atoms with E-state index in [-0.39, 0.29) is 12.1 Å². The predicted octanol–water partition coefficient (Wildman–Crippen LogP) is 4.76. The molecule has 33 heavy (non-hydrogen) atoms. The lowest BCUT2D eigenvalue weighted by Gasteiger charge is -2.27. The topological polar surface area (TPSA) is 99.6 Å². The fourth-order valence-electron chi connectivity index (χ4n) is 2.86. The second-order valence-corrected chi connectivity index (χ2v) is 8.51. The first-order chi connectivity index (χ1) is 15.7. The highest BCUT2D eigenvalue weighted by Crippen LogP contribution is 2.27. The molecule has 0 aliphatic carbocycles. The summed E-state index contributed by atoms with van der Waals surface area (Å²) >= 11 is 5.95. The van der Waals surface area contributed by atoms with Crippen LogP contribution in [0.5, 0.6) is 5.75 Å². The molecule has 1 heterocycles. The zero-order chi connectivity index (χ0) is 24.0. The predicted molar refractivity (Wildman–Crippen MR) is 130 cm³/mol. The monoisotopic (exact) mass is 469 g/mol. The quantitative estimate of drug-likeness (QED) is 0.440. The fourth-order valence-corrected chi connectivity index (χ4v) is 2.98. The van der Waals surface area contributed by atoms with Gasteiger partial charge in [0.15, 0.2) is 0 Å². The summed E-state index contributed by atoms with van der Waals surface area (Å²) < 4.78 is 5.24. The van der Waals surface area contributed by atoms with Crippen molar-refractivity contribution >= 4 is 35.1 Å². The van der Waals surface area contributed by atoms with Crippen molar-refractivity contribution in [3.8, 4) is 5.75 Å². The minimum absolute atomic E-state index is 0.297. The Morgan fingerprint density at radius 3 is 2.42 bits per heavy atom. The molecule has 9 heteroatoms. The van der Waals surface area contributed by atoms with E-state index in [1.54, 1.807) is 69.6 Å². The molecule has 2 amide bonds. The number of anilines is 3. The number of halogens is 1. The second-order valence-electron chi connectivity index (χ2n) is 8.08. The van der Waals surface area contributed by atoms with Gasteiger partial charge < -0.3 is 20.5 Å². The van der Waals surface area contributed by atoms with Gasteiger partial charge in [0.1, 0.15) is 11.6 Å². The summed E-state index contributed by atoms with van der Waals surface area (Å²) in [7, 11) is 1.58. The molecule has 0 aliphatic rings. The molecular formula is C24H28ClN5O3. The summed E-state index contributed by atoms with van der Waals surface area (Å²) in [5, 5.41) is 16.9. The number of nitrogens with zero attached hydrogens (tertiary/aromatic N) is 3. The largest absolute Gasteiger partial charge is 0.497 e. The number of aliphatic hydroxyl groups is 1. The molecule has 3 N–H and O–H groups in total. The molecule has 174 valence electrons. The number of hydrogen-bond acceptors (Lipinski definition) is 6. The standard InChI is InChI=1S/C24H28ClN5O3/c1-16(24(2,3)32)28-22-26-14-13-21(29-22)30(19-9-11-20(33-4)12-10-19)23(31)27-15-17-5-7-18(25)8-6-17/h5-14,16,32H,15H2,1-4H3,(H,27,31)(H,26,28,29)/t16-/m0/s1. The summed E-state index contributed by atoms with van der Waals surface area (Å²) in [6, 6.07) is 15.3. The Balaban J connectivity index is 1.88. The van der Waals surface area contributed by atoms with Crippen LogP contribution in [0.2, 0.25) is 5.02 Å². The van der Waals surface area contributed by atoms with E-state index in [9.17, 15) is 9.90 Å².